The summed E-state index contributed by atoms with van der Waals surface area (Å²) < 4.78 is 23.2. The maximum atomic E-state index is 14.7. The van der Waals surface area contributed by atoms with Gasteiger partial charge in [0.2, 0.25) is 0 Å². The highest BCUT2D eigenvalue weighted by Gasteiger charge is 2.45. The van der Waals surface area contributed by atoms with Crippen molar-refractivity contribution in [2.24, 2.45) is 0 Å². The van der Waals surface area contributed by atoms with E-state index in [2.05, 4.69) is 10.3 Å². The minimum Gasteiger partial charge on any atom is -0.458 e. The summed E-state index contributed by atoms with van der Waals surface area (Å²) in [5.41, 5.74) is 9.59. The normalized spacial score (nSPS) is 17.3. The quantitative estimate of drug-likeness (QED) is 0.251. The van der Waals surface area contributed by atoms with Crippen molar-refractivity contribution in [1.82, 2.24) is 24.5 Å². The van der Waals surface area contributed by atoms with Crippen molar-refractivity contribution < 1.29 is 19.0 Å². The van der Waals surface area contributed by atoms with E-state index in [1.807, 2.05) is 18.3 Å². The van der Waals surface area contributed by atoms with Crippen molar-refractivity contribution in [3.63, 3.8) is 0 Å². The molecule has 2 aromatic carbocycles. The Kier molecular flexibility index (Phi) is 5.39. The number of nitrogens with zero attached hydrogens (tertiary/aromatic N) is 5. The number of hydrogen-bond donors (Lipinski definition) is 2. The molecule has 11 heteroatoms. The number of aliphatic hydroxyl groups is 1. The van der Waals surface area contributed by atoms with E-state index in [4.69, 9.17) is 15.5 Å². The predicted molar refractivity (Wildman–Crippen MR) is 148 cm³/mol. The topological polar surface area (TPSA) is 138 Å². The maximum Gasteiger partial charge on any atom is 0.343 e. The van der Waals surface area contributed by atoms with Crippen LogP contribution in [0.3, 0.4) is 0 Å². The molecule has 10 nitrogen and oxygen atoms in total. The highest BCUT2D eigenvalue weighted by atomic mass is 19.1. The number of nitrogens with two attached hydrogens (primary N) is 1. The van der Waals surface area contributed by atoms with Crippen molar-refractivity contribution in [1.29, 1.82) is 0 Å². The molecular formula is C30H25FN6O4. The van der Waals surface area contributed by atoms with Crippen LogP contribution in [0.1, 0.15) is 41.2 Å². The molecule has 0 bridgehead atoms. The van der Waals surface area contributed by atoms with Gasteiger partial charge in [-0.3, -0.25) is 4.79 Å². The van der Waals surface area contributed by atoms with Gasteiger partial charge in [0.05, 0.1) is 41.8 Å². The fraction of sp³-hybridized carbons (Fsp3) is 0.233. The summed E-state index contributed by atoms with van der Waals surface area (Å²) in [5.74, 6) is -1.19. The van der Waals surface area contributed by atoms with Crippen LogP contribution in [0.15, 0.2) is 53.5 Å². The number of halogens is 1. The zero-order chi connectivity index (χ0) is 28.6. The molecule has 206 valence electrons. The Hall–Kier alpha value is -4.90. The SMILES string of the molecule is CC[C@@]1(O)C(=O)OCc2c1cc1n(c2=O)Cc2c-1nc1cc(F)c(C)cc1c2Cn1cc(-c2ccc(N)cc2)nn1. The molecule has 0 spiro atoms. The number of aryl methyl sites for hydroxylation is 1. The van der Waals surface area contributed by atoms with Gasteiger partial charge >= 0.3 is 5.97 Å². The summed E-state index contributed by atoms with van der Waals surface area (Å²) in [4.78, 5) is 31.0. The van der Waals surface area contributed by atoms with Gasteiger partial charge in [-0.25, -0.2) is 18.9 Å². The van der Waals surface area contributed by atoms with Gasteiger partial charge in [0.25, 0.3) is 5.56 Å². The maximum absolute atomic E-state index is 14.7. The summed E-state index contributed by atoms with van der Waals surface area (Å²) in [5, 5.41) is 20.6. The molecular weight excluding hydrogens is 527 g/mol. The van der Waals surface area contributed by atoms with Crippen molar-refractivity contribution in [3.8, 4) is 22.6 Å². The standard InChI is InChI=1S/C30H25FN6O4/c1-3-30(40)22-9-26-27-20(12-37(26)28(38)21(22)14-41-29(30)39)19(18-8-15(2)23(31)10-24(18)33-27)11-36-13-25(34-35-36)16-4-6-17(32)7-5-16/h4-10,13,40H,3,11-12,14,32H2,1-2H3/t30-/m0/s1. The first kappa shape index (κ1) is 25.1. The van der Waals surface area contributed by atoms with Gasteiger partial charge in [-0.05, 0) is 48.7 Å². The van der Waals surface area contributed by atoms with Gasteiger partial charge in [0, 0.05) is 33.8 Å². The Morgan fingerprint density at radius 1 is 1.15 bits per heavy atom. The van der Waals surface area contributed by atoms with Crippen LogP contribution in [0.25, 0.3) is 33.5 Å². The highest BCUT2D eigenvalue weighted by Crippen LogP contribution is 2.40. The van der Waals surface area contributed by atoms with E-state index < -0.39 is 17.4 Å². The van der Waals surface area contributed by atoms with Crippen LogP contribution < -0.4 is 11.3 Å². The lowest BCUT2D eigenvalue weighted by Crippen LogP contribution is -2.44. The third kappa shape index (κ3) is 3.69. The fourth-order valence-corrected chi connectivity index (χ4v) is 5.80. The number of nitrogen functional groups attached to an aromatic ring is 1. The number of carbonyl (C=O) groups is 1. The molecule has 3 aromatic heterocycles. The fourth-order valence-electron chi connectivity index (χ4n) is 5.80. The summed E-state index contributed by atoms with van der Waals surface area (Å²) in [6, 6.07) is 12.1. The first-order valence-corrected chi connectivity index (χ1v) is 13.2. The molecule has 0 radical (unpaired) electrons. The lowest BCUT2D eigenvalue weighted by atomic mass is 9.86. The van der Waals surface area contributed by atoms with E-state index in [0.717, 1.165) is 22.1 Å². The molecule has 5 aromatic rings. The molecule has 7 rings (SSSR count). The number of fused-ring (bicyclic) bond motifs is 5. The Labute approximate surface area is 232 Å². The monoisotopic (exact) mass is 552 g/mol. The Bertz CT molecular complexity index is 1980. The largest absolute Gasteiger partial charge is 0.458 e. The van der Waals surface area contributed by atoms with Gasteiger partial charge in [0.1, 0.15) is 18.1 Å². The second-order valence-electron chi connectivity index (χ2n) is 10.6. The average molecular weight is 553 g/mol. The van der Waals surface area contributed by atoms with Crippen LogP contribution in [0.5, 0.6) is 0 Å². The molecule has 0 aliphatic carbocycles. The number of ether oxygens (including phenoxy) is 1. The number of carbonyl (C=O) groups excluding carboxylic acids is 1. The number of hydrogen-bond acceptors (Lipinski definition) is 8. The smallest absolute Gasteiger partial charge is 0.343 e. The average Bonchev–Trinajstić information content (AvgIpc) is 3.58. The predicted octanol–water partition coefficient (Wildman–Crippen LogP) is 3.42. The summed E-state index contributed by atoms with van der Waals surface area (Å²) in [7, 11) is 0. The first-order valence-electron chi connectivity index (χ1n) is 13.2. The van der Waals surface area contributed by atoms with E-state index in [-0.39, 0.29) is 42.8 Å². The van der Waals surface area contributed by atoms with Crippen molar-refractivity contribution in [2.75, 3.05) is 5.73 Å². The lowest BCUT2D eigenvalue weighted by molar-refractivity contribution is -0.172. The van der Waals surface area contributed by atoms with Crippen LogP contribution in [-0.4, -0.2) is 35.6 Å². The van der Waals surface area contributed by atoms with Crippen molar-refractivity contribution >= 4 is 22.6 Å². The van der Waals surface area contributed by atoms with Crippen LogP contribution in [-0.2, 0) is 34.8 Å². The minimum absolute atomic E-state index is 0.0398. The van der Waals surface area contributed by atoms with Gasteiger partial charge in [-0.1, -0.05) is 24.3 Å². The van der Waals surface area contributed by atoms with E-state index in [0.29, 0.717) is 33.8 Å². The van der Waals surface area contributed by atoms with Gasteiger partial charge in [0.15, 0.2) is 5.60 Å². The zero-order valence-electron chi connectivity index (χ0n) is 22.3. The van der Waals surface area contributed by atoms with E-state index in [9.17, 15) is 19.1 Å². The van der Waals surface area contributed by atoms with Crippen LogP contribution in [0.2, 0.25) is 0 Å². The molecule has 0 unspecified atom stereocenters. The highest BCUT2D eigenvalue weighted by molar-refractivity contribution is 5.89. The Balaban J connectivity index is 1.41. The Morgan fingerprint density at radius 3 is 2.68 bits per heavy atom. The first-order chi connectivity index (χ1) is 19.7. The number of cyclic esters (lactones) is 1. The molecule has 2 aliphatic heterocycles. The number of esters is 1. The lowest BCUT2D eigenvalue weighted by Gasteiger charge is -2.31. The molecule has 1 atom stereocenters. The summed E-state index contributed by atoms with van der Waals surface area (Å²) in [6.45, 7) is 3.63. The van der Waals surface area contributed by atoms with E-state index in [1.54, 1.807) is 47.4 Å². The third-order valence-electron chi connectivity index (χ3n) is 8.15. The molecule has 5 heterocycles. The summed E-state index contributed by atoms with van der Waals surface area (Å²) >= 11 is 0. The molecule has 0 amide bonds. The second kappa shape index (κ2) is 8.80. The van der Waals surface area contributed by atoms with Crippen LogP contribution >= 0.6 is 0 Å². The number of rotatable bonds is 4. The number of pyridine rings is 2. The second-order valence-corrected chi connectivity index (χ2v) is 10.6. The van der Waals surface area contributed by atoms with Gasteiger partial charge < -0.3 is 20.1 Å². The number of benzene rings is 2. The molecule has 3 N–H and O–H groups in total. The Morgan fingerprint density at radius 2 is 1.93 bits per heavy atom. The molecule has 2 aliphatic rings. The van der Waals surface area contributed by atoms with Crippen molar-refractivity contribution in [3.05, 3.63) is 92.6 Å². The molecule has 0 fully saturated rings. The van der Waals surface area contributed by atoms with Gasteiger partial charge in [-0.15, -0.1) is 5.10 Å². The zero-order valence-corrected chi connectivity index (χ0v) is 22.3. The third-order valence-corrected chi connectivity index (χ3v) is 8.15. The number of anilines is 1. The minimum atomic E-state index is -1.94. The molecule has 0 saturated heterocycles. The van der Waals surface area contributed by atoms with E-state index in [1.165, 1.54) is 6.07 Å². The van der Waals surface area contributed by atoms with Crippen LogP contribution in [0, 0.1) is 12.7 Å². The van der Waals surface area contributed by atoms with Gasteiger partial charge in [-0.2, -0.15) is 0 Å². The van der Waals surface area contributed by atoms with Crippen molar-refractivity contribution in [2.45, 2.75) is 45.6 Å². The van der Waals surface area contributed by atoms with E-state index >= 15 is 0 Å². The van der Waals surface area contributed by atoms with Crippen LogP contribution in [0.4, 0.5) is 10.1 Å². The molecule has 0 saturated carbocycles. The molecule has 41 heavy (non-hydrogen) atoms. The summed E-state index contributed by atoms with van der Waals surface area (Å²) in [6.07, 6.45) is 1.86. The number of aromatic nitrogens is 5.